The van der Waals surface area contributed by atoms with Crippen LogP contribution in [0.4, 0.5) is 0 Å². The summed E-state index contributed by atoms with van der Waals surface area (Å²) in [4.78, 5) is 22.4. The van der Waals surface area contributed by atoms with E-state index in [-0.39, 0.29) is 30.6 Å². The second-order valence-corrected chi connectivity index (χ2v) is 4.83. The van der Waals surface area contributed by atoms with Crippen LogP contribution in [-0.2, 0) is 14.3 Å². The zero-order valence-electron chi connectivity index (χ0n) is 10.4. The van der Waals surface area contributed by atoms with Crippen LogP contribution in [0, 0.1) is 5.92 Å². The number of carboxylic acids is 1. The Kier molecular flexibility index (Phi) is 5.41. The van der Waals surface area contributed by atoms with Gasteiger partial charge in [0.1, 0.15) is 6.61 Å². The molecule has 1 rings (SSSR count). The molecule has 5 heteroatoms. The molecule has 0 aromatic rings. The SMILES string of the molecule is CC(C)OCC(=O)NC1CCCC(C(=O)O)C1. The summed E-state index contributed by atoms with van der Waals surface area (Å²) < 4.78 is 5.19. The molecule has 2 N–H and O–H groups in total. The van der Waals surface area contributed by atoms with Crippen LogP contribution in [0.1, 0.15) is 39.5 Å². The highest BCUT2D eigenvalue weighted by molar-refractivity contribution is 5.77. The summed E-state index contributed by atoms with van der Waals surface area (Å²) in [5.41, 5.74) is 0. The fourth-order valence-electron chi connectivity index (χ4n) is 2.06. The van der Waals surface area contributed by atoms with Crippen LogP contribution in [0.2, 0.25) is 0 Å². The topological polar surface area (TPSA) is 75.6 Å². The zero-order valence-corrected chi connectivity index (χ0v) is 10.4. The Morgan fingerprint density at radius 1 is 1.41 bits per heavy atom. The molecule has 0 bridgehead atoms. The molecule has 0 aliphatic heterocycles. The summed E-state index contributed by atoms with van der Waals surface area (Å²) in [6.45, 7) is 3.79. The maximum absolute atomic E-state index is 11.5. The van der Waals surface area contributed by atoms with Crippen LogP contribution in [-0.4, -0.2) is 35.7 Å². The molecule has 0 radical (unpaired) electrons. The van der Waals surface area contributed by atoms with Gasteiger partial charge in [-0.3, -0.25) is 9.59 Å². The summed E-state index contributed by atoms with van der Waals surface area (Å²) in [6, 6.07) is -0.0203. The summed E-state index contributed by atoms with van der Waals surface area (Å²) in [5.74, 6) is -1.24. The molecule has 1 amide bonds. The Morgan fingerprint density at radius 3 is 2.71 bits per heavy atom. The average molecular weight is 243 g/mol. The molecule has 17 heavy (non-hydrogen) atoms. The largest absolute Gasteiger partial charge is 0.481 e. The predicted octanol–water partition coefficient (Wildman–Crippen LogP) is 1.17. The number of carboxylic acid groups (broad SMARTS) is 1. The third-order valence-corrected chi connectivity index (χ3v) is 2.94. The third-order valence-electron chi connectivity index (χ3n) is 2.94. The molecule has 1 fully saturated rings. The van der Waals surface area contributed by atoms with E-state index < -0.39 is 5.97 Å². The van der Waals surface area contributed by atoms with Gasteiger partial charge in [-0.05, 0) is 33.1 Å². The van der Waals surface area contributed by atoms with Crippen LogP contribution in [0.15, 0.2) is 0 Å². The Balaban J connectivity index is 2.30. The summed E-state index contributed by atoms with van der Waals surface area (Å²) >= 11 is 0. The molecule has 98 valence electrons. The highest BCUT2D eigenvalue weighted by Crippen LogP contribution is 2.24. The number of aliphatic carboxylic acids is 1. The minimum atomic E-state index is -0.762. The van der Waals surface area contributed by atoms with Crippen molar-refractivity contribution >= 4 is 11.9 Å². The molecule has 1 aliphatic rings. The van der Waals surface area contributed by atoms with E-state index in [4.69, 9.17) is 9.84 Å². The molecule has 0 saturated heterocycles. The van der Waals surface area contributed by atoms with Crippen molar-refractivity contribution in [3.05, 3.63) is 0 Å². The number of hydrogen-bond donors (Lipinski definition) is 2. The first kappa shape index (κ1) is 14.0. The second kappa shape index (κ2) is 6.59. The number of amides is 1. The molecular weight excluding hydrogens is 222 g/mol. The minimum absolute atomic E-state index is 0.0203. The van der Waals surface area contributed by atoms with Gasteiger partial charge in [0.25, 0.3) is 0 Å². The van der Waals surface area contributed by atoms with E-state index in [2.05, 4.69) is 5.32 Å². The van der Waals surface area contributed by atoms with Crippen LogP contribution >= 0.6 is 0 Å². The number of carbonyl (C=O) groups excluding carboxylic acids is 1. The Labute approximate surface area is 102 Å². The van der Waals surface area contributed by atoms with Crippen molar-refractivity contribution in [3.8, 4) is 0 Å². The highest BCUT2D eigenvalue weighted by atomic mass is 16.5. The van der Waals surface area contributed by atoms with Gasteiger partial charge in [0.15, 0.2) is 0 Å². The predicted molar refractivity (Wildman–Crippen MR) is 62.6 cm³/mol. The number of hydrogen-bond acceptors (Lipinski definition) is 3. The lowest BCUT2D eigenvalue weighted by molar-refractivity contribution is -0.143. The van der Waals surface area contributed by atoms with E-state index in [0.717, 1.165) is 12.8 Å². The third kappa shape index (κ3) is 5.17. The van der Waals surface area contributed by atoms with Crippen LogP contribution in [0.3, 0.4) is 0 Å². The van der Waals surface area contributed by atoms with Gasteiger partial charge in [0, 0.05) is 6.04 Å². The molecule has 0 spiro atoms. The summed E-state index contributed by atoms with van der Waals surface area (Å²) in [5, 5.41) is 11.8. The van der Waals surface area contributed by atoms with Gasteiger partial charge in [-0.25, -0.2) is 0 Å². The van der Waals surface area contributed by atoms with Gasteiger partial charge in [-0.15, -0.1) is 0 Å². The van der Waals surface area contributed by atoms with Crippen molar-refractivity contribution in [2.75, 3.05) is 6.61 Å². The Morgan fingerprint density at radius 2 is 2.12 bits per heavy atom. The molecule has 2 atom stereocenters. The second-order valence-electron chi connectivity index (χ2n) is 4.83. The molecule has 1 aliphatic carbocycles. The Bertz CT molecular complexity index is 278. The lowest BCUT2D eigenvalue weighted by atomic mass is 9.86. The summed E-state index contributed by atoms with van der Waals surface area (Å²) in [6.07, 6.45) is 2.98. The number of ether oxygens (including phenoxy) is 1. The van der Waals surface area contributed by atoms with Crippen molar-refractivity contribution in [3.63, 3.8) is 0 Å². The van der Waals surface area contributed by atoms with Crippen molar-refractivity contribution in [1.29, 1.82) is 0 Å². The van der Waals surface area contributed by atoms with Crippen molar-refractivity contribution < 1.29 is 19.4 Å². The molecule has 5 nitrogen and oxygen atoms in total. The van der Waals surface area contributed by atoms with Crippen LogP contribution in [0.25, 0.3) is 0 Å². The van der Waals surface area contributed by atoms with Crippen LogP contribution < -0.4 is 5.32 Å². The minimum Gasteiger partial charge on any atom is -0.481 e. The first-order valence-electron chi connectivity index (χ1n) is 6.12. The average Bonchev–Trinajstić information content (AvgIpc) is 2.26. The van der Waals surface area contributed by atoms with Gasteiger partial charge >= 0.3 is 5.97 Å². The number of nitrogens with one attached hydrogen (secondary N) is 1. The van der Waals surface area contributed by atoms with Gasteiger partial charge < -0.3 is 15.2 Å². The Hall–Kier alpha value is -1.10. The van der Waals surface area contributed by atoms with Gasteiger partial charge in [0.2, 0.25) is 5.91 Å². The van der Waals surface area contributed by atoms with Gasteiger partial charge in [0.05, 0.1) is 12.0 Å². The normalized spacial score (nSPS) is 24.6. The van der Waals surface area contributed by atoms with E-state index in [1.165, 1.54) is 0 Å². The first-order chi connectivity index (χ1) is 7.99. The van der Waals surface area contributed by atoms with E-state index >= 15 is 0 Å². The molecular formula is C12H21NO4. The quantitative estimate of drug-likeness (QED) is 0.760. The molecule has 2 unspecified atom stereocenters. The molecule has 1 saturated carbocycles. The van der Waals surface area contributed by atoms with Crippen molar-refractivity contribution in [1.82, 2.24) is 5.32 Å². The summed E-state index contributed by atoms with van der Waals surface area (Å²) in [7, 11) is 0. The number of rotatable bonds is 5. The standard InChI is InChI=1S/C12H21NO4/c1-8(2)17-7-11(14)13-10-5-3-4-9(6-10)12(15)16/h8-10H,3-7H2,1-2H3,(H,13,14)(H,15,16). The zero-order chi connectivity index (χ0) is 12.8. The lowest BCUT2D eigenvalue weighted by Crippen LogP contribution is -2.41. The van der Waals surface area contributed by atoms with Crippen molar-refractivity contribution in [2.45, 2.75) is 51.7 Å². The number of carbonyl (C=O) groups is 2. The fraction of sp³-hybridized carbons (Fsp3) is 0.833. The van der Waals surface area contributed by atoms with Crippen molar-refractivity contribution in [2.24, 2.45) is 5.92 Å². The van der Waals surface area contributed by atoms with Gasteiger partial charge in [-0.2, -0.15) is 0 Å². The maximum atomic E-state index is 11.5. The smallest absolute Gasteiger partial charge is 0.306 e. The first-order valence-corrected chi connectivity index (χ1v) is 6.12. The van der Waals surface area contributed by atoms with Crippen LogP contribution in [0.5, 0.6) is 0 Å². The van der Waals surface area contributed by atoms with E-state index in [0.29, 0.717) is 12.8 Å². The maximum Gasteiger partial charge on any atom is 0.306 e. The van der Waals surface area contributed by atoms with Gasteiger partial charge in [-0.1, -0.05) is 6.42 Å². The molecule has 0 aromatic carbocycles. The molecule has 0 heterocycles. The highest BCUT2D eigenvalue weighted by Gasteiger charge is 2.27. The van der Waals surface area contributed by atoms with E-state index in [1.54, 1.807) is 0 Å². The van der Waals surface area contributed by atoms with E-state index in [1.807, 2.05) is 13.8 Å². The lowest BCUT2D eigenvalue weighted by Gasteiger charge is -2.27. The molecule has 0 aromatic heterocycles. The van der Waals surface area contributed by atoms with E-state index in [9.17, 15) is 9.59 Å². The monoisotopic (exact) mass is 243 g/mol. The fourth-order valence-corrected chi connectivity index (χ4v) is 2.06.